The minimum atomic E-state index is -0.352. The summed E-state index contributed by atoms with van der Waals surface area (Å²) in [6.45, 7) is 0. The number of rotatable bonds is 5. The Labute approximate surface area is 147 Å². The minimum Gasteiger partial charge on any atom is -0.497 e. The fourth-order valence-corrected chi connectivity index (χ4v) is 2.92. The molecule has 1 aliphatic carbocycles. The van der Waals surface area contributed by atoms with Crippen LogP contribution < -0.4 is 10.2 Å². The summed E-state index contributed by atoms with van der Waals surface area (Å²) in [7, 11) is 1.62. The molecule has 1 aliphatic rings. The van der Waals surface area contributed by atoms with Gasteiger partial charge in [-0.1, -0.05) is 19.3 Å². The molecule has 1 saturated carbocycles. The van der Waals surface area contributed by atoms with E-state index in [1.165, 1.54) is 25.5 Å². The predicted molar refractivity (Wildman–Crippen MR) is 96.6 cm³/mol. The van der Waals surface area contributed by atoms with Crippen LogP contribution in [0.2, 0.25) is 0 Å². The predicted octanol–water partition coefficient (Wildman–Crippen LogP) is 3.45. The Morgan fingerprint density at radius 2 is 1.96 bits per heavy atom. The maximum absolute atomic E-state index is 12.2. The third kappa shape index (κ3) is 4.62. The largest absolute Gasteiger partial charge is 0.497 e. The molecule has 1 aromatic carbocycles. The van der Waals surface area contributed by atoms with Crippen molar-refractivity contribution in [2.24, 2.45) is 11.0 Å². The summed E-state index contributed by atoms with van der Waals surface area (Å²) < 4.78 is 5.15. The van der Waals surface area contributed by atoms with Crippen LogP contribution in [0.25, 0.3) is 11.3 Å². The summed E-state index contributed by atoms with van der Waals surface area (Å²) in [5, 5.41) is 4.09. The Morgan fingerprint density at radius 3 is 2.68 bits per heavy atom. The van der Waals surface area contributed by atoms with Crippen LogP contribution in [0.15, 0.2) is 41.8 Å². The first-order chi connectivity index (χ1) is 12.3. The highest BCUT2D eigenvalue weighted by atomic mass is 16.5. The molecule has 25 heavy (non-hydrogen) atoms. The third-order valence-corrected chi connectivity index (χ3v) is 4.35. The molecular formula is C19H22N4O2. The molecule has 1 N–H and O–H groups in total. The van der Waals surface area contributed by atoms with Crippen molar-refractivity contribution in [2.75, 3.05) is 7.11 Å². The van der Waals surface area contributed by atoms with Crippen molar-refractivity contribution in [3.8, 4) is 17.0 Å². The van der Waals surface area contributed by atoms with E-state index in [1.54, 1.807) is 13.3 Å². The van der Waals surface area contributed by atoms with Crippen LogP contribution in [0, 0.1) is 5.92 Å². The van der Waals surface area contributed by atoms with Gasteiger partial charge in [-0.15, -0.1) is 0 Å². The van der Waals surface area contributed by atoms with E-state index in [9.17, 15) is 4.79 Å². The van der Waals surface area contributed by atoms with E-state index in [0.717, 1.165) is 24.2 Å². The molecule has 1 fully saturated rings. The SMILES string of the molecule is COc1ccc(-c2cncc(C(=O)N/N=C/C3CCCCC3)n2)cc1. The van der Waals surface area contributed by atoms with Crippen molar-refractivity contribution in [1.82, 2.24) is 15.4 Å². The zero-order chi connectivity index (χ0) is 17.5. The Bertz CT molecular complexity index is 737. The first-order valence-electron chi connectivity index (χ1n) is 8.56. The number of aromatic nitrogens is 2. The quantitative estimate of drug-likeness (QED) is 0.669. The highest BCUT2D eigenvalue weighted by Gasteiger charge is 2.12. The molecule has 0 bridgehead atoms. The lowest BCUT2D eigenvalue weighted by molar-refractivity contribution is 0.0949. The van der Waals surface area contributed by atoms with Gasteiger partial charge in [0.15, 0.2) is 0 Å². The van der Waals surface area contributed by atoms with Crippen LogP contribution in [0.5, 0.6) is 5.75 Å². The van der Waals surface area contributed by atoms with Crippen LogP contribution in [-0.4, -0.2) is 29.2 Å². The van der Waals surface area contributed by atoms with Crippen molar-refractivity contribution in [3.05, 3.63) is 42.4 Å². The summed E-state index contributed by atoms with van der Waals surface area (Å²) in [5.74, 6) is 0.878. The molecule has 1 amide bonds. The molecule has 0 radical (unpaired) electrons. The maximum Gasteiger partial charge on any atom is 0.291 e. The first kappa shape index (κ1) is 17.1. The Hall–Kier alpha value is -2.76. The second-order valence-corrected chi connectivity index (χ2v) is 6.14. The van der Waals surface area contributed by atoms with Crippen molar-refractivity contribution >= 4 is 12.1 Å². The van der Waals surface area contributed by atoms with Gasteiger partial charge in [0.25, 0.3) is 5.91 Å². The second kappa shape index (κ2) is 8.37. The first-order valence-corrected chi connectivity index (χ1v) is 8.56. The molecule has 6 heteroatoms. The van der Waals surface area contributed by atoms with Crippen LogP contribution in [0.3, 0.4) is 0 Å². The van der Waals surface area contributed by atoms with Gasteiger partial charge >= 0.3 is 0 Å². The van der Waals surface area contributed by atoms with E-state index in [1.807, 2.05) is 30.5 Å². The monoisotopic (exact) mass is 338 g/mol. The number of amides is 1. The molecule has 2 aromatic rings. The van der Waals surface area contributed by atoms with E-state index in [-0.39, 0.29) is 11.6 Å². The molecule has 0 unspecified atom stereocenters. The summed E-state index contributed by atoms with van der Waals surface area (Å²) in [6, 6.07) is 7.45. The van der Waals surface area contributed by atoms with Crippen LogP contribution in [-0.2, 0) is 0 Å². The zero-order valence-electron chi connectivity index (χ0n) is 14.3. The number of nitrogens with one attached hydrogen (secondary N) is 1. The van der Waals surface area contributed by atoms with Gasteiger partial charge in [0.1, 0.15) is 11.4 Å². The van der Waals surface area contributed by atoms with Crippen molar-refractivity contribution in [1.29, 1.82) is 0 Å². The van der Waals surface area contributed by atoms with E-state index >= 15 is 0 Å². The molecule has 1 aromatic heterocycles. The van der Waals surface area contributed by atoms with Gasteiger partial charge in [-0.05, 0) is 43.0 Å². The normalized spacial score (nSPS) is 15.2. The van der Waals surface area contributed by atoms with Gasteiger partial charge in [0.05, 0.1) is 25.2 Å². The Kier molecular flexibility index (Phi) is 5.72. The van der Waals surface area contributed by atoms with Crippen molar-refractivity contribution in [3.63, 3.8) is 0 Å². The maximum atomic E-state index is 12.2. The number of hydrogen-bond donors (Lipinski definition) is 1. The fourth-order valence-electron chi connectivity index (χ4n) is 2.92. The molecule has 130 valence electrons. The van der Waals surface area contributed by atoms with Crippen LogP contribution in [0.4, 0.5) is 0 Å². The van der Waals surface area contributed by atoms with E-state index < -0.39 is 0 Å². The van der Waals surface area contributed by atoms with Gasteiger partial charge in [0.2, 0.25) is 0 Å². The van der Waals surface area contributed by atoms with Gasteiger partial charge in [-0.2, -0.15) is 5.10 Å². The molecule has 0 aliphatic heterocycles. The number of hydrazone groups is 1. The topological polar surface area (TPSA) is 76.5 Å². The number of hydrogen-bond acceptors (Lipinski definition) is 5. The number of benzene rings is 1. The van der Waals surface area contributed by atoms with Gasteiger partial charge < -0.3 is 4.74 Å². The number of carbonyl (C=O) groups excluding carboxylic acids is 1. The molecule has 6 nitrogen and oxygen atoms in total. The Morgan fingerprint density at radius 1 is 1.20 bits per heavy atom. The lowest BCUT2D eigenvalue weighted by Gasteiger charge is -2.16. The standard InChI is InChI=1S/C19H22N4O2/c1-25-16-9-7-15(8-10-16)17-12-20-13-18(22-17)19(24)23-21-11-14-5-3-2-4-6-14/h7-14H,2-6H2,1H3,(H,23,24)/b21-11+. The van der Waals surface area contributed by atoms with Gasteiger partial charge in [-0.25, -0.2) is 10.4 Å². The van der Waals surface area contributed by atoms with Crippen molar-refractivity contribution in [2.45, 2.75) is 32.1 Å². The Balaban J connectivity index is 1.65. The zero-order valence-corrected chi connectivity index (χ0v) is 14.3. The highest BCUT2D eigenvalue weighted by Crippen LogP contribution is 2.22. The smallest absolute Gasteiger partial charge is 0.291 e. The summed E-state index contributed by atoms with van der Waals surface area (Å²) >= 11 is 0. The molecule has 0 atom stereocenters. The van der Waals surface area contributed by atoms with Crippen LogP contribution in [0.1, 0.15) is 42.6 Å². The van der Waals surface area contributed by atoms with Crippen LogP contribution >= 0.6 is 0 Å². The summed E-state index contributed by atoms with van der Waals surface area (Å²) in [6.07, 6.45) is 11.0. The molecule has 1 heterocycles. The summed E-state index contributed by atoms with van der Waals surface area (Å²) in [4.78, 5) is 20.7. The minimum absolute atomic E-state index is 0.245. The summed E-state index contributed by atoms with van der Waals surface area (Å²) in [5.41, 5.74) is 4.30. The lowest BCUT2D eigenvalue weighted by atomic mass is 9.90. The van der Waals surface area contributed by atoms with Gasteiger partial charge in [0, 0.05) is 11.8 Å². The van der Waals surface area contributed by atoms with E-state index in [4.69, 9.17) is 4.74 Å². The number of carbonyl (C=O) groups is 1. The average Bonchev–Trinajstić information content (AvgIpc) is 2.69. The molecule has 0 saturated heterocycles. The molecule has 3 rings (SSSR count). The third-order valence-electron chi connectivity index (χ3n) is 4.35. The lowest BCUT2D eigenvalue weighted by Crippen LogP contribution is -2.20. The number of methoxy groups -OCH3 is 1. The number of ether oxygens (including phenoxy) is 1. The fraction of sp³-hybridized carbons (Fsp3) is 0.368. The van der Waals surface area contributed by atoms with Gasteiger partial charge in [-0.3, -0.25) is 9.78 Å². The second-order valence-electron chi connectivity index (χ2n) is 6.14. The molecule has 0 spiro atoms. The highest BCUT2D eigenvalue weighted by molar-refractivity contribution is 5.92. The average molecular weight is 338 g/mol. The van der Waals surface area contributed by atoms with E-state index in [2.05, 4.69) is 20.5 Å². The molecular weight excluding hydrogens is 316 g/mol. The van der Waals surface area contributed by atoms with E-state index in [0.29, 0.717) is 11.6 Å². The number of nitrogens with zero attached hydrogens (tertiary/aromatic N) is 3. The van der Waals surface area contributed by atoms with Crippen molar-refractivity contribution < 1.29 is 9.53 Å².